The van der Waals surface area contributed by atoms with Crippen LogP contribution in [0.4, 0.5) is 4.39 Å². The number of halogens is 2. The molecule has 1 heterocycles. The van der Waals surface area contributed by atoms with E-state index in [1.165, 1.54) is 0 Å². The van der Waals surface area contributed by atoms with Crippen molar-refractivity contribution in [2.45, 2.75) is 56.8 Å². The highest BCUT2D eigenvalue weighted by molar-refractivity contribution is 6.33. The van der Waals surface area contributed by atoms with E-state index in [-0.39, 0.29) is 29.0 Å². The van der Waals surface area contributed by atoms with Crippen molar-refractivity contribution in [3.8, 4) is 5.75 Å². The van der Waals surface area contributed by atoms with Crippen LogP contribution in [0.5, 0.6) is 5.75 Å². The number of hydrogen-bond donors (Lipinski definition) is 3. The Morgan fingerprint density at radius 2 is 1.82 bits per heavy atom. The second-order valence-corrected chi connectivity index (χ2v) is 11.1. The van der Waals surface area contributed by atoms with Crippen molar-refractivity contribution < 1.29 is 18.7 Å². The summed E-state index contributed by atoms with van der Waals surface area (Å²) in [5.41, 5.74) is 13.0. The molecule has 2 aromatic rings. The summed E-state index contributed by atoms with van der Waals surface area (Å²) >= 11 is 6.72. The first kappa shape index (κ1) is 26.4. The third-order valence-corrected chi connectivity index (χ3v) is 8.54. The van der Waals surface area contributed by atoms with Crippen LogP contribution in [-0.4, -0.2) is 30.6 Å². The lowest BCUT2D eigenvalue weighted by Crippen LogP contribution is -2.47. The third kappa shape index (κ3) is 4.85. The van der Waals surface area contributed by atoms with Gasteiger partial charge in [0.05, 0.1) is 0 Å². The number of rotatable bonds is 7. The molecule has 3 aliphatic rings. The van der Waals surface area contributed by atoms with Gasteiger partial charge in [0, 0.05) is 58.1 Å². The number of fused-ring (bicyclic) bond motifs is 1. The molecule has 2 amide bonds. The maximum absolute atomic E-state index is 15.7. The highest BCUT2D eigenvalue weighted by Gasteiger charge is 2.44. The van der Waals surface area contributed by atoms with Crippen LogP contribution in [-0.2, 0) is 21.6 Å². The van der Waals surface area contributed by atoms with Gasteiger partial charge in [-0.05, 0) is 43.4 Å². The van der Waals surface area contributed by atoms with Gasteiger partial charge in [-0.3, -0.25) is 9.59 Å². The maximum atomic E-state index is 15.7. The van der Waals surface area contributed by atoms with Crippen molar-refractivity contribution >= 4 is 29.0 Å². The Kier molecular flexibility index (Phi) is 7.34. The van der Waals surface area contributed by atoms with Gasteiger partial charge >= 0.3 is 0 Å². The Morgan fingerprint density at radius 1 is 1.11 bits per heavy atom. The van der Waals surface area contributed by atoms with Crippen LogP contribution >= 0.6 is 11.6 Å². The summed E-state index contributed by atoms with van der Waals surface area (Å²) in [6.45, 7) is 2.27. The predicted octanol–water partition coefficient (Wildman–Crippen LogP) is 4.59. The molecule has 0 bridgehead atoms. The first-order valence-electron chi connectivity index (χ1n) is 13.2. The van der Waals surface area contributed by atoms with Crippen molar-refractivity contribution in [1.29, 1.82) is 0 Å². The molecule has 0 saturated heterocycles. The van der Waals surface area contributed by atoms with Gasteiger partial charge in [-0.2, -0.15) is 0 Å². The molecular formula is C30H33ClFN3O3. The van der Waals surface area contributed by atoms with E-state index in [1.807, 2.05) is 36.4 Å². The number of allylic oxidation sites excluding steroid dienone is 2. The summed E-state index contributed by atoms with van der Waals surface area (Å²) < 4.78 is 22.4. The molecular weight excluding hydrogens is 505 g/mol. The highest BCUT2D eigenvalue weighted by atomic mass is 35.5. The minimum atomic E-state index is -1.43. The van der Waals surface area contributed by atoms with E-state index in [9.17, 15) is 9.59 Å². The lowest BCUT2D eigenvalue weighted by molar-refractivity contribution is -0.122. The zero-order valence-electron chi connectivity index (χ0n) is 21.4. The van der Waals surface area contributed by atoms with Crippen LogP contribution in [0, 0.1) is 11.8 Å². The number of benzene rings is 2. The molecule has 1 saturated carbocycles. The number of alkyl halides is 1. The number of carbonyl (C=O) groups excluding carboxylic acids is 2. The average molecular weight is 538 g/mol. The second-order valence-electron chi connectivity index (χ2n) is 10.7. The molecule has 38 heavy (non-hydrogen) atoms. The fourth-order valence-electron chi connectivity index (χ4n) is 6.02. The van der Waals surface area contributed by atoms with E-state index < -0.39 is 23.6 Å². The monoisotopic (exact) mass is 537 g/mol. The molecule has 2 unspecified atom stereocenters. The van der Waals surface area contributed by atoms with E-state index in [4.69, 9.17) is 27.8 Å². The Hall–Kier alpha value is -3.16. The Morgan fingerprint density at radius 3 is 2.47 bits per heavy atom. The van der Waals surface area contributed by atoms with Crippen LogP contribution in [0.3, 0.4) is 0 Å². The van der Waals surface area contributed by atoms with E-state index in [0.717, 1.165) is 36.8 Å². The molecule has 0 radical (unpaired) electrons. The number of amides is 2. The molecule has 6 nitrogen and oxygen atoms in total. The van der Waals surface area contributed by atoms with Crippen LogP contribution in [0.2, 0.25) is 5.02 Å². The van der Waals surface area contributed by atoms with Gasteiger partial charge in [0.15, 0.2) is 5.60 Å². The molecule has 0 aromatic heterocycles. The quantitative estimate of drug-likeness (QED) is 0.480. The third-order valence-electron chi connectivity index (χ3n) is 8.22. The lowest BCUT2D eigenvalue weighted by Gasteiger charge is -2.34. The Bertz CT molecular complexity index is 1300. The Balaban J connectivity index is 1.51. The molecule has 8 heteroatoms. The van der Waals surface area contributed by atoms with Gasteiger partial charge in [-0.15, -0.1) is 0 Å². The van der Waals surface area contributed by atoms with Gasteiger partial charge in [-0.1, -0.05) is 61.0 Å². The lowest BCUT2D eigenvalue weighted by atomic mass is 9.80. The minimum Gasteiger partial charge on any atom is -0.481 e. The van der Waals surface area contributed by atoms with Crippen molar-refractivity contribution in [3.05, 3.63) is 81.9 Å². The van der Waals surface area contributed by atoms with E-state index in [2.05, 4.69) is 5.32 Å². The number of nitrogens with one attached hydrogen (secondary N) is 1. The molecule has 2 aromatic carbocycles. The molecule has 3 atom stereocenters. The van der Waals surface area contributed by atoms with Gasteiger partial charge < -0.3 is 21.5 Å². The van der Waals surface area contributed by atoms with E-state index >= 15 is 4.39 Å². The number of primary amides is 2. The number of carbonyl (C=O) groups is 2. The number of hydrogen-bond acceptors (Lipinski definition) is 4. The van der Waals surface area contributed by atoms with E-state index in [0.29, 0.717) is 29.3 Å². The number of ether oxygens (including phenoxy) is 1. The smallest absolute Gasteiger partial charge is 0.249 e. The highest BCUT2D eigenvalue weighted by Crippen LogP contribution is 2.49. The minimum absolute atomic E-state index is 0.0684. The number of nitrogens with two attached hydrogens (primary N) is 2. The fourth-order valence-corrected chi connectivity index (χ4v) is 6.30. The zero-order chi connectivity index (χ0) is 27.0. The fraction of sp³-hybridized carbons (Fsp3) is 0.400. The van der Waals surface area contributed by atoms with Crippen LogP contribution in [0.25, 0.3) is 5.57 Å². The van der Waals surface area contributed by atoms with Crippen molar-refractivity contribution in [1.82, 2.24) is 5.32 Å². The summed E-state index contributed by atoms with van der Waals surface area (Å²) in [7, 11) is 0. The predicted molar refractivity (Wildman–Crippen MR) is 146 cm³/mol. The molecule has 1 fully saturated rings. The maximum Gasteiger partial charge on any atom is 0.249 e. The normalized spacial score (nSPS) is 28.6. The molecule has 5 rings (SSSR count). The molecule has 2 aliphatic carbocycles. The summed E-state index contributed by atoms with van der Waals surface area (Å²) in [6, 6.07) is 13.7. The first-order chi connectivity index (χ1) is 18.2. The summed E-state index contributed by atoms with van der Waals surface area (Å²) in [5, 5.41) is 4.03. The van der Waals surface area contributed by atoms with Gasteiger partial charge in [0.25, 0.3) is 0 Å². The SMILES string of the molecule is CC1C=CC(C(N)=O)=C(c2c(Cl)ccc3c2C[C@@](CN[C@H]2CC[C@@H](C(N)=O)CC2)(c2ccccc2)O3)C1F. The van der Waals surface area contributed by atoms with Gasteiger partial charge in [0.1, 0.15) is 11.9 Å². The topological polar surface area (TPSA) is 107 Å². The first-order valence-corrected chi connectivity index (χ1v) is 13.5. The summed E-state index contributed by atoms with van der Waals surface area (Å²) in [5.74, 6) is -0.815. The van der Waals surface area contributed by atoms with Gasteiger partial charge in [-0.25, -0.2) is 4.39 Å². The van der Waals surface area contributed by atoms with E-state index in [1.54, 1.807) is 25.1 Å². The van der Waals surface area contributed by atoms with Gasteiger partial charge in [0.2, 0.25) is 11.8 Å². The zero-order valence-corrected chi connectivity index (χ0v) is 22.1. The van der Waals surface area contributed by atoms with Crippen molar-refractivity contribution in [2.75, 3.05) is 6.54 Å². The van der Waals surface area contributed by atoms with Crippen molar-refractivity contribution in [2.24, 2.45) is 23.3 Å². The average Bonchev–Trinajstić information content (AvgIpc) is 3.30. The standard InChI is InChI=1S/C30H33ClFN3O3/c1-17-7-12-21(29(34)37)26(27(17)32)25-22-15-30(19-5-3-2-4-6-19,38-24(22)14-13-23(25)31)16-35-20-10-8-18(9-11-20)28(33)36/h2-7,12-14,17-18,20,27,35H,8-11,15-16H2,1H3,(H2,33,36)(H2,34,37)/t17?,18-,20+,27?,30-/m1/s1. The molecule has 5 N–H and O–H groups in total. The second kappa shape index (κ2) is 10.5. The van der Waals surface area contributed by atoms with Crippen molar-refractivity contribution in [3.63, 3.8) is 0 Å². The molecule has 0 spiro atoms. The van der Waals surface area contributed by atoms with Crippen LogP contribution in [0.15, 0.2) is 60.2 Å². The summed E-state index contributed by atoms with van der Waals surface area (Å²) in [4.78, 5) is 23.9. The molecule has 1 aliphatic heterocycles. The summed E-state index contributed by atoms with van der Waals surface area (Å²) in [6.07, 6.45) is 5.49. The largest absolute Gasteiger partial charge is 0.481 e. The van der Waals surface area contributed by atoms with Crippen LogP contribution < -0.4 is 21.5 Å². The van der Waals surface area contributed by atoms with Crippen LogP contribution in [0.1, 0.15) is 49.3 Å². The Labute approximate surface area is 227 Å². The molecule has 200 valence electrons.